The molecule has 0 saturated heterocycles. The summed E-state index contributed by atoms with van der Waals surface area (Å²) >= 11 is 0. The van der Waals surface area contributed by atoms with Crippen LogP contribution in [0.15, 0.2) is 35.3 Å². The summed E-state index contributed by atoms with van der Waals surface area (Å²) in [5, 5.41) is 3.19. The Balaban J connectivity index is 2.22. The van der Waals surface area contributed by atoms with Gasteiger partial charge >= 0.3 is 0 Å². The van der Waals surface area contributed by atoms with Crippen LogP contribution >= 0.6 is 0 Å². The minimum absolute atomic E-state index is 0.622. The SMILES string of the molecule is CN=C(NCCOc1ccccc1)N(C)C. The molecule has 0 amide bonds. The second kappa shape index (κ2) is 6.71. The smallest absolute Gasteiger partial charge is 0.193 e. The largest absolute Gasteiger partial charge is 0.492 e. The molecule has 1 rings (SSSR count). The number of guanidine groups is 1. The van der Waals surface area contributed by atoms with Gasteiger partial charge in [-0.05, 0) is 12.1 Å². The van der Waals surface area contributed by atoms with Gasteiger partial charge in [-0.1, -0.05) is 18.2 Å². The molecule has 88 valence electrons. The van der Waals surface area contributed by atoms with Crippen LogP contribution in [0.2, 0.25) is 0 Å². The van der Waals surface area contributed by atoms with Crippen molar-refractivity contribution in [3.63, 3.8) is 0 Å². The average Bonchev–Trinajstić information content (AvgIpc) is 2.30. The highest BCUT2D eigenvalue weighted by atomic mass is 16.5. The lowest BCUT2D eigenvalue weighted by atomic mass is 10.3. The van der Waals surface area contributed by atoms with Crippen LogP contribution in [-0.4, -0.2) is 45.2 Å². The molecule has 4 heteroatoms. The Labute approximate surface area is 96.9 Å². The molecule has 0 heterocycles. The van der Waals surface area contributed by atoms with E-state index in [2.05, 4.69) is 10.3 Å². The van der Waals surface area contributed by atoms with E-state index in [0.29, 0.717) is 6.61 Å². The molecule has 0 aliphatic rings. The highest BCUT2D eigenvalue weighted by Gasteiger charge is 1.98. The second-order valence-electron chi connectivity index (χ2n) is 3.53. The van der Waals surface area contributed by atoms with Gasteiger partial charge < -0.3 is 15.0 Å². The number of para-hydroxylation sites is 1. The molecule has 0 fully saturated rings. The third-order valence-electron chi connectivity index (χ3n) is 2.03. The van der Waals surface area contributed by atoms with Gasteiger partial charge in [0.1, 0.15) is 12.4 Å². The van der Waals surface area contributed by atoms with Crippen LogP contribution in [0, 0.1) is 0 Å². The van der Waals surface area contributed by atoms with Gasteiger partial charge in [0.2, 0.25) is 0 Å². The summed E-state index contributed by atoms with van der Waals surface area (Å²) in [6.45, 7) is 1.36. The van der Waals surface area contributed by atoms with E-state index in [-0.39, 0.29) is 0 Å². The molecule has 1 aromatic rings. The van der Waals surface area contributed by atoms with Gasteiger partial charge in [-0.3, -0.25) is 4.99 Å². The summed E-state index contributed by atoms with van der Waals surface area (Å²) in [4.78, 5) is 6.04. The average molecular weight is 221 g/mol. The van der Waals surface area contributed by atoms with Crippen molar-refractivity contribution in [2.45, 2.75) is 0 Å². The number of aliphatic imine (C=N–C) groups is 1. The standard InChI is InChI=1S/C12H19N3O/c1-13-12(15(2)3)14-9-10-16-11-7-5-4-6-8-11/h4-8H,9-10H2,1-3H3,(H,13,14). The van der Waals surface area contributed by atoms with Crippen LogP contribution in [0.25, 0.3) is 0 Å². The predicted octanol–water partition coefficient (Wildman–Crippen LogP) is 1.20. The first-order chi connectivity index (χ1) is 7.74. The topological polar surface area (TPSA) is 36.9 Å². The molecule has 1 aromatic carbocycles. The van der Waals surface area contributed by atoms with E-state index in [0.717, 1.165) is 18.3 Å². The van der Waals surface area contributed by atoms with Crippen LogP contribution < -0.4 is 10.1 Å². The van der Waals surface area contributed by atoms with Crippen molar-refractivity contribution < 1.29 is 4.74 Å². The number of ether oxygens (including phenoxy) is 1. The minimum atomic E-state index is 0.622. The van der Waals surface area contributed by atoms with Gasteiger partial charge in [0.15, 0.2) is 5.96 Å². The number of rotatable bonds is 4. The van der Waals surface area contributed by atoms with Gasteiger partial charge in [-0.15, -0.1) is 0 Å². The van der Waals surface area contributed by atoms with Crippen molar-refractivity contribution in [1.82, 2.24) is 10.2 Å². The van der Waals surface area contributed by atoms with Crippen molar-refractivity contribution in [2.24, 2.45) is 4.99 Å². The second-order valence-corrected chi connectivity index (χ2v) is 3.53. The quantitative estimate of drug-likeness (QED) is 0.471. The first-order valence-corrected chi connectivity index (χ1v) is 5.30. The van der Waals surface area contributed by atoms with Crippen LogP contribution in [0.4, 0.5) is 0 Å². The molecule has 4 nitrogen and oxygen atoms in total. The van der Waals surface area contributed by atoms with Crippen molar-refractivity contribution in [3.05, 3.63) is 30.3 Å². The van der Waals surface area contributed by atoms with Gasteiger partial charge in [0, 0.05) is 21.1 Å². The minimum Gasteiger partial charge on any atom is -0.492 e. The van der Waals surface area contributed by atoms with E-state index >= 15 is 0 Å². The maximum Gasteiger partial charge on any atom is 0.193 e. The Morgan fingerprint density at radius 3 is 2.56 bits per heavy atom. The fourth-order valence-corrected chi connectivity index (χ4v) is 1.29. The Morgan fingerprint density at radius 2 is 2.00 bits per heavy atom. The molecule has 0 saturated carbocycles. The monoisotopic (exact) mass is 221 g/mol. The zero-order valence-electron chi connectivity index (χ0n) is 10.1. The number of hydrogen-bond acceptors (Lipinski definition) is 2. The van der Waals surface area contributed by atoms with Gasteiger partial charge in [-0.2, -0.15) is 0 Å². The maximum atomic E-state index is 5.54. The van der Waals surface area contributed by atoms with Crippen molar-refractivity contribution in [1.29, 1.82) is 0 Å². The normalized spacial score (nSPS) is 11.1. The Kier molecular flexibility index (Phi) is 5.19. The molecule has 0 atom stereocenters. The first-order valence-electron chi connectivity index (χ1n) is 5.30. The van der Waals surface area contributed by atoms with Gasteiger partial charge in [0.25, 0.3) is 0 Å². The zero-order valence-corrected chi connectivity index (χ0v) is 10.1. The zero-order chi connectivity index (χ0) is 11.8. The predicted molar refractivity (Wildman–Crippen MR) is 67.0 cm³/mol. The van der Waals surface area contributed by atoms with E-state index in [1.54, 1.807) is 7.05 Å². The molecule has 0 spiro atoms. The van der Waals surface area contributed by atoms with Crippen molar-refractivity contribution in [2.75, 3.05) is 34.3 Å². The van der Waals surface area contributed by atoms with E-state index in [1.165, 1.54) is 0 Å². The van der Waals surface area contributed by atoms with E-state index in [9.17, 15) is 0 Å². The van der Waals surface area contributed by atoms with Crippen LogP contribution in [0.5, 0.6) is 5.75 Å². The molecule has 0 aromatic heterocycles. The number of hydrogen-bond donors (Lipinski definition) is 1. The summed E-state index contributed by atoms with van der Waals surface area (Å²) in [6.07, 6.45) is 0. The Morgan fingerprint density at radius 1 is 1.31 bits per heavy atom. The third kappa shape index (κ3) is 4.21. The summed E-state index contributed by atoms with van der Waals surface area (Å²) in [6, 6.07) is 9.78. The molecule has 0 aliphatic carbocycles. The van der Waals surface area contributed by atoms with E-state index in [4.69, 9.17) is 4.74 Å². The van der Waals surface area contributed by atoms with Crippen LogP contribution in [0.1, 0.15) is 0 Å². The lowest BCUT2D eigenvalue weighted by molar-refractivity contribution is 0.320. The summed E-state index contributed by atoms with van der Waals surface area (Å²) in [5.74, 6) is 1.75. The van der Waals surface area contributed by atoms with Gasteiger partial charge in [0.05, 0.1) is 6.54 Å². The Bertz CT molecular complexity index is 322. The van der Waals surface area contributed by atoms with Crippen molar-refractivity contribution >= 4 is 5.96 Å². The van der Waals surface area contributed by atoms with E-state index < -0.39 is 0 Å². The van der Waals surface area contributed by atoms with Crippen molar-refractivity contribution in [3.8, 4) is 5.75 Å². The fraction of sp³-hybridized carbons (Fsp3) is 0.417. The molecule has 0 unspecified atom stereocenters. The summed E-state index contributed by atoms with van der Waals surface area (Å²) in [7, 11) is 5.67. The molecule has 1 N–H and O–H groups in total. The highest BCUT2D eigenvalue weighted by Crippen LogP contribution is 2.07. The van der Waals surface area contributed by atoms with Gasteiger partial charge in [-0.25, -0.2) is 0 Å². The third-order valence-corrected chi connectivity index (χ3v) is 2.03. The molecular weight excluding hydrogens is 202 g/mol. The lowest BCUT2D eigenvalue weighted by Crippen LogP contribution is -2.38. The number of nitrogens with one attached hydrogen (secondary N) is 1. The number of nitrogens with zero attached hydrogens (tertiary/aromatic N) is 2. The van der Waals surface area contributed by atoms with Crippen LogP contribution in [-0.2, 0) is 0 Å². The fourth-order valence-electron chi connectivity index (χ4n) is 1.29. The van der Waals surface area contributed by atoms with E-state index in [1.807, 2.05) is 49.3 Å². The molecule has 0 radical (unpaired) electrons. The molecular formula is C12H19N3O. The number of benzene rings is 1. The summed E-state index contributed by atoms with van der Waals surface area (Å²) in [5.41, 5.74) is 0. The molecule has 0 aliphatic heterocycles. The highest BCUT2D eigenvalue weighted by molar-refractivity contribution is 5.79. The molecule has 0 bridgehead atoms. The Hall–Kier alpha value is -1.71. The van der Waals surface area contributed by atoms with Crippen LogP contribution in [0.3, 0.4) is 0 Å². The summed E-state index contributed by atoms with van der Waals surface area (Å²) < 4.78 is 5.54. The first kappa shape index (κ1) is 12.4. The maximum absolute atomic E-state index is 5.54. The lowest BCUT2D eigenvalue weighted by Gasteiger charge is -2.16. The molecule has 16 heavy (non-hydrogen) atoms.